The van der Waals surface area contributed by atoms with Gasteiger partial charge in [-0.15, -0.1) is 0 Å². The lowest BCUT2D eigenvalue weighted by Crippen LogP contribution is -2.45. The van der Waals surface area contributed by atoms with E-state index in [4.69, 9.17) is 0 Å². The average molecular weight is 262 g/mol. The van der Waals surface area contributed by atoms with Crippen molar-refractivity contribution < 1.29 is 0 Å². The van der Waals surface area contributed by atoms with Gasteiger partial charge in [-0.2, -0.15) is 0 Å². The van der Waals surface area contributed by atoms with Crippen LogP contribution in [0, 0.1) is 0 Å². The molecule has 19 heavy (non-hydrogen) atoms. The van der Waals surface area contributed by atoms with Crippen molar-refractivity contribution in [3.05, 3.63) is 18.3 Å². The smallest absolute Gasteiger partial charge is 0.127 e. The summed E-state index contributed by atoms with van der Waals surface area (Å²) in [7, 11) is 4.35. The molecule has 1 aromatic rings. The Bertz CT molecular complexity index is 391. The number of hydrogen-bond acceptors (Lipinski definition) is 4. The highest BCUT2D eigenvalue weighted by molar-refractivity contribution is 5.54. The molecule has 4 heteroatoms. The number of aromatic nitrogens is 1. The van der Waals surface area contributed by atoms with E-state index in [2.05, 4.69) is 53.3 Å². The van der Waals surface area contributed by atoms with E-state index in [0.29, 0.717) is 6.04 Å². The lowest BCUT2D eigenvalue weighted by atomic mass is 10.0. The molecule has 2 heterocycles. The molecule has 1 N–H and O–H groups in total. The molecular formula is C15H26N4. The van der Waals surface area contributed by atoms with Gasteiger partial charge in [0.25, 0.3) is 0 Å². The number of hydrogen-bond donors (Lipinski definition) is 1. The van der Waals surface area contributed by atoms with Crippen LogP contribution < -0.4 is 10.2 Å². The van der Waals surface area contributed by atoms with Crippen LogP contribution in [0.1, 0.15) is 26.2 Å². The molecule has 0 bridgehead atoms. The molecule has 0 aliphatic carbocycles. The van der Waals surface area contributed by atoms with Crippen molar-refractivity contribution in [2.75, 3.05) is 43.9 Å². The van der Waals surface area contributed by atoms with Gasteiger partial charge in [-0.25, -0.2) is 4.98 Å². The van der Waals surface area contributed by atoms with Crippen molar-refractivity contribution in [3.63, 3.8) is 0 Å². The molecule has 0 aromatic carbocycles. The maximum absolute atomic E-state index is 4.38. The number of nitrogens with zero attached hydrogens (tertiary/aromatic N) is 3. The SMILES string of the molecule is CCCNc1cc(N2CCCC(N(C)C)C2)ccn1. The lowest BCUT2D eigenvalue weighted by Gasteiger charge is -2.37. The zero-order valence-corrected chi connectivity index (χ0v) is 12.4. The van der Waals surface area contributed by atoms with Gasteiger partial charge in [-0.1, -0.05) is 6.92 Å². The minimum absolute atomic E-state index is 0.661. The van der Waals surface area contributed by atoms with E-state index in [1.807, 2.05) is 6.20 Å². The van der Waals surface area contributed by atoms with Crippen molar-refractivity contribution in [1.29, 1.82) is 0 Å². The molecule has 4 nitrogen and oxygen atoms in total. The molecule has 0 saturated carbocycles. The molecular weight excluding hydrogens is 236 g/mol. The number of pyridine rings is 1. The Labute approximate surface area is 116 Å². The fourth-order valence-corrected chi connectivity index (χ4v) is 2.58. The summed E-state index contributed by atoms with van der Waals surface area (Å²) in [6, 6.07) is 4.96. The van der Waals surface area contributed by atoms with E-state index < -0.39 is 0 Å². The monoisotopic (exact) mass is 262 g/mol. The van der Waals surface area contributed by atoms with Gasteiger partial charge in [-0.05, 0) is 39.4 Å². The minimum Gasteiger partial charge on any atom is -0.370 e. The van der Waals surface area contributed by atoms with Gasteiger partial charge in [-0.3, -0.25) is 0 Å². The fraction of sp³-hybridized carbons (Fsp3) is 0.667. The van der Waals surface area contributed by atoms with E-state index in [9.17, 15) is 0 Å². The summed E-state index contributed by atoms with van der Waals surface area (Å²) in [5.41, 5.74) is 1.29. The number of piperidine rings is 1. The van der Waals surface area contributed by atoms with Crippen molar-refractivity contribution in [2.45, 2.75) is 32.2 Å². The molecule has 1 aliphatic heterocycles. The van der Waals surface area contributed by atoms with Gasteiger partial charge >= 0.3 is 0 Å². The van der Waals surface area contributed by atoms with Crippen LogP contribution in [-0.2, 0) is 0 Å². The number of anilines is 2. The zero-order valence-electron chi connectivity index (χ0n) is 12.4. The lowest BCUT2D eigenvalue weighted by molar-refractivity contribution is 0.258. The summed E-state index contributed by atoms with van der Waals surface area (Å²) in [5, 5.41) is 3.36. The summed E-state index contributed by atoms with van der Waals surface area (Å²) in [5.74, 6) is 0.992. The topological polar surface area (TPSA) is 31.4 Å². The van der Waals surface area contributed by atoms with Crippen molar-refractivity contribution in [2.24, 2.45) is 0 Å². The van der Waals surface area contributed by atoms with Crippen molar-refractivity contribution >= 4 is 11.5 Å². The first-order valence-corrected chi connectivity index (χ1v) is 7.32. The summed E-state index contributed by atoms with van der Waals surface area (Å²) in [6.07, 6.45) is 5.60. The van der Waals surface area contributed by atoms with E-state index in [0.717, 1.165) is 31.9 Å². The Balaban J connectivity index is 2.04. The van der Waals surface area contributed by atoms with E-state index >= 15 is 0 Å². The van der Waals surface area contributed by atoms with Gasteiger partial charge in [0.1, 0.15) is 5.82 Å². The van der Waals surface area contributed by atoms with Crippen LogP contribution >= 0.6 is 0 Å². The number of rotatable bonds is 5. The maximum atomic E-state index is 4.38. The largest absolute Gasteiger partial charge is 0.370 e. The van der Waals surface area contributed by atoms with E-state index in [1.165, 1.54) is 18.5 Å². The van der Waals surface area contributed by atoms with Crippen LogP contribution in [0.5, 0.6) is 0 Å². The average Bonchev–Trinajstić information content (AvgIpc) is 2.45. The third-order valence-electron chi connectivity index (χ3n) is 3.79. The Morgan fingerprint density at radius 3 is 3.05 bits per heavy atom. The molecule has 1 fully saturated rings. The van der Waals surface area contributed by atoms with Gasteiger partial charge in [0.15, 0.2) is 0 Å². The molecule has 106 valence electrons. The van der Waals surface area contributed by atoms with Gasteiger partial charge in [0, 0.05) is 43.6 Å². The summed E-state index contributed by atoms with van der Waals surface area (Å²) >= 11 is 0. The van der Waals surface area contributed by atoms with Crippen LogP contribution in [0.15, 0.2) is 18.3 Å². The van der Waals surface area contributed by atoms with Crippen LogP contribution in [0.25, 0.3) is 0 Å². The first kappa shape index (κ1) is 14.1. The minimum atomic E-state index is 0.661. The standard InChI is InChI=1S/C15H26N4/c1-4-8-16-15-11-13(7-9-17-15)19-10-5-6-14(12-19)18(2)3/h7,9,11,14H,4-6,8,10,12H2,1-3H3,(H,16,17). The number of likely N-dealkylation sites (N-methyl/N-ethyl adjacent to an activating group) is 1. The first-order valence-electron chi connectivity index (χ1n) is 7.32. The van der Waals surface area contributed by atoms with Gasteiger partial charge in [0.05, 0.1) is 0 Å². The molecule has 0 spiro atoms. The van der Waals surface area contributed by atoms with E-state index in [1.54, 1.807) is 0 Å². The second-order valence-electron chi connectivity index (χ2n) is 5.53. The summed E-state index contributed by atoms with van der Waals surface area (Å²) in [4.78, 5) is 9.19. The summed E-state index contributed by atoms with van der Waals surface area (Å²) < 4.78 is 0. The Kier molecular flexibility index (Phi) is 5.02. The highest BCUT2D eigenvalue weighted by atomic mass is 15.2. The van der Waals surface area contributed by atoms with Gasteiger partial charge in [0.2, 0.25) is 0 Å². The fourth-order valence-electron chi connectivity index (χ4n) is 2.58. The first-order chi connectivity index (χ1) is 9.20. The Hall–Kier alpha value is -1.29. The van der Waals surface area contributed by atoms with E-state index in [-0.39, 0.29) is 0 Å². The molecule has 0 amide bonds. The highest BCUT2D eigenvalue weighted by Gasteiger charge is 2.21. The van der Waals surface area contributed by atoms with Crippen LogP contribution in [-0.4, -0.2) is 49.7 Å². The predicted octanol–water partition coefficient (Wildman–Crippen LogP) is 2.43. The highest BCUT2D eigenvalue weighted by Crippen LogP contribution is 2.23. The second-order valence-corrected chi connectivity index (χ2v) is 5.53. The molecule has 1 atom stereocenters. The summed E-state index contributed by atoms with van der Waals surface area (Å²) in [6.45, 7) is 5.42. The van der Waals surface area contributed by atoms with Crippen molar-refractivity contribution in [1.82, 2.24) is 9.88 Å². The Morgan fingerprint density at radius 2 is 2.32 bits per heavy atom. The van der Waals surface area contributed by atoms with Crippen LogP contribution in [0.3, 0.4) is 0 Å². The number of nitrogens with one attached hydrogen (secondary N) is 1. The predicted molar refractivity (Wildman–Crippen MR) is 81.9 cm³/mol. The molecule has 1 aromatic heterocycles. The molecule has 2 rings (SSSR count). The normalized spacial score (nSPS) is 19.8. The second kappa shape index (κ2) is 6.75. The molecule has 1 aliphatic rings. The molecule has 0 radical (unpaired) electrons. The van der Waals surface area contributed by atoms with Crippen molar-refractivity contribution in [3.8, 4) is 0 Å². The van der Waals surface area contributed by atoms with Crippen LogP contribution in [0.2, 0.25) is 0 Å². The molecule has 1 unspecified atom stereocenters. The third kappa shape index (κ3) is 3.83. The van der Waals surface area contributed by atoms with Crippen LogP contribution in [0.4, 0.5) is 11.5 Å². The third-order valence-corrected chi connectivity index (χ3v) is 3.79. The van der Waals surface area contributed by atoms with Gasteiger partial charge < -0.3 is 15.1 Å². The molecule has 1 saturated heterocycles. The Morgan fingerprint density at radius 1 is 1.47 bits per heavy atom. The zero-order chi connectivity index (χ0) is 13.7. The quantitative estimate of drug-likeness (QED) is 0.883. The maximum Gasteiger partial charge on any atom is 0.127 e.